The number of carbonyl (C=O) groups is 1. The van der Waals surface area contributed by atoms with Gasteiger partial charge in [0.25, 0.3) is 0 Å². The van der Waals surface area contributed by atoms with E-state index in [-0.39, 0.29) is 0 Å². The van der Waals surface area contributed by atoms with Gasteiger partial charge in [0.15, 0.2) is 0 Å². The van der Waals surface area contributed by atoms with Crippen LogP contribution in [0.15, 0.2) is 18.5 Å². The monoisotopic (exact) mass is 358 g/mol. The van der Waals surface area contributed by atoms with Gasteiger partial charge in [0.05, 0.1) is 25.2 Å². The molecule has 0 amide bonds. The summed E-state index contributed by atoms with van der Waals surface area (Å²) in [5.41, 5.74) is 0.640. The first-order valence-electron chi connectivity index (χ1n) is 9.80. The van der Waals surface area contributed by atoms with Crippen LogP contribution in [0.4, 0.5) is 5.82 Å². The molecular weight excluding hydrogens is 328 g/mol. The van der Waals surface area contributed by atoms with E-state index >= 15 is 0 Å². The number of rotatable bonds is 7. The molecule has 1 aromatic heterocycles. The largest absolute Gasteiger partial charge is 0.466 e. The van der Waals surface area contributed by atoms with E-state index in [0.717, 1.165) is 31.2 Å². The summed E-state index contributed by atoms with van der Waals surface area (Å²) in [6.45, 7) is 3.47. The summed E-state index contributed by atoms with van der Waals surface area (Å²) in [7, 11) is 1.35. The normalized spacial score (nSPS) is 22.0. The smallest absolute Gasteiger partial charge is 0.330 e. The van der Waals surface area contributed by atoms with Crippen molar-refractivity contribution in [3.05, 3.63) is 24.2 Å². The molecular formula is C20H30N4O2. The van der Waals surface area contributed by atoms with Gasteiger partial charge in [0, 0.05) is 25.2 Å². The predicted molar refractivity (Wildman–Crippen MR) is 103 cm³/mol. The van der Waals surface area contributed by atoms with Gasteiger partial charge in [-0.15, -0.1) is 0 Å². The fraction of sp³-hybridized carbons (Fsp3) is 0.650. The molecule has 1 saturated heterocycles. The van der Waals surface area contributed by atoms with E-state index in [4.69, 9.17) is 0 Å². The number of ether oxygens (including phenoxy) is 1. The summed E-state index contributed by atoms with van der Waals surface area (Å²) in [6, 6.07) is 0.437. The zero-order chi connectivity index (χ0) is 18.2. The third-order valence-electron chi connectivity index (χ3n) is 5.47. The summed E-state index contributed by atoms with van der Waals surface area (Å²) in [5, 5.41) is 3.48. The third kappa shape index (κ3) is 5.80. The Morgan fingerprint density at radius 3 is 2.85 bits per heavy atom. The van der Waals surface area contributed by atoms with Gasteiger partial charge in [-0.3, -0.25) is 4.98 Å². The van der Waals surface area contributed by atoms with Crippen molar-refractivity contribution in [2.24, 2.45) is 5.92 Å². The van der Waals surface area contributed by atoms with Crippen LogP contribution in [0.1, 0.15) is 50.6 Å². The van der Waals surface area contributed by atoms with Crippen LogP contribution in [-0.2, 0) is 9.53 Å². The number of esters is 1. The van der Waals surface area contributed by atoms with Crippen LogP contribution < -0.4 is 5.32 Å². The van der Waals surface area contributed by atoms with E-state index in [9.17, 15) is 4.79 Å². The molecule has 0 spiro atoms. The van der Waals surface area contributed by atoms with Gasteiger partial charge in [-0.25, -0.2) is 9.78 Å². The van der Waals surface area contributed by atoms with E-state index in [1.165, 1.54) is 58.3 Å². The van der Waals surface area contributed by atoms with Gasteiger partial charge in [-0.05, 0) is 31.4 Å². The lowest BCUT2D eigenvalue weighted by molar-refractivity contribution is -0.134. The SMILES string of the molecule is COC(=O)C=Cc1cnc(N[C@@H]2CCN(CCC3CCCCC3)C2)cn1. The quantitative estimate of drug-likeness (QED) is 0.597. The maximum absolute atomic E-state index is 11.1. The Balaban J connectivity index is 1.40. The summed E-state index contributed by atoms with van der Waals surface area (Å²) in [5.74, 6) is 1.35. The van der Waals surface area contributed by atoms with Gasteiger partial charge in [0.1, 0.15) is 5.82 Å². The van der Waals surface area contributed by atoms with Crippen molar-refractivity contribution in [1.82, 2.24) is 14.9 Å². The van der Waals surface area contributed by atoms with Crippen LogP contribution in [0.2, 0.25) is 0 Å². The average Bonchev–Trinajstić information content (AvgIpc) is 3.13. The number of carbonyl (C=O) groups excluding carboxylic acids is 1. The lowest BCUT2D eigenvalue weighted by Crippen LogP contribution is -2.28. The number of nitrogens with one attached hydrogen (secondary N) is 1. The maximum atomic E-state index is 11.1. The predicted octanol–water partition coefficient (Wildman–Crippen LogP) is 3.12. The van der Waals surface area contributed by atoms with Gasteiger partial charge in [-0.2, -0.15) is 0 Å². The van der Waals surface area contributed by atoms with Crippen molar-refractivity contribution >= 4 is 17.9 Å². The second kappa shape index (κ2) is 9.67. The molecule has 1 atom stereocenters. The number of hydrogen-bond acceptors (Lipinski definition) is 6. The summed E-state index contributed by atoms with van der Waals surface area (Å²) in [6.07, 6.45) is 16.0. The molecule has 6 heteroatoms. The van der Waals surface area contributed by atoms with Crippen molar-refractivity contribution in [1.29, 1.82) is 0 Å². The molecule has 3 rings (SSSR count). The first kappa shape index (κ1) is 18.8. The Morgan fingerprint density at radius 1 is 1.27 bits per heavy atom. The topological polar surface area (TPSA) is 67.3 Å². The van der Waals surface area contributed by atoms with Crippen molar-refractivity contribution in [2.75, 3.05) is 32.1 Å². The van der Waals surface area contributed by atoms with Crippen LogP contribution in [0.5, 0.6) is 0 Å². The minimum absolute atomic E-state index is 0.395. The fourth-order valence-electron chi connectivity index (χ4n) is 3.92. The number of nitrogens with zero attached hydrogens (tertiary/aromatic N) is 3. The van der Waals surface area contributed by atoms with Crippen LogP contribution in [-0.4, -0.2) is 53.6 Å². The highest BCUT2D eigenvalue weighted by Crippen LogP contribution is 2.27. The van der Waals surface area contributed by atoms with Crippen molar-refractivity contribution in [3.8, 4) is 0 Å². The number of aromatic nitrogens is 2. The molecule has 142 valence electrons. The maximum Gasteiger partial charge on any atom is 0.330 e. The molecule has 2 heterocycles. The van der Waals surface area contributed by atoms with E-state index in [2.05, 4.69) is 24.9 Å². The van der Waals surface area contributed by atoms with Gasteiger partial charge < -0.3 is 15.0 Å². The number of likely N-dealkylation sites (tertiary alicyclic amines) is 1. The highest BCUT2D eigenvalue weighted by atomic mass is 16.5. The molecule has 6 nitrogen and oxygen atoms in total. The zero-order valence-corrected chi connectivity index (χ0v) is 15.7. The molecule has 0 unspecified atom stereocenters. The summed E-state index contributed by atoms with van der Waals surface area (Å²) < 4.78 is 4.56. The van der Waals surface area contributed by atoms with Crippen LogP contribution in [0.3, 0.4) is 0 Å². The second-order valence-corrected chi connectivity index (χ2v) is 7.41. The molecule has 0 bridgehead atoms. The van der Waals surface area contributed by atoms with Crippen LogP contribution >= 0.6 is 0 Å². The molecule has 26 heavy (non-hydrogen) atoms. The molecule has 1 saturated carbocycles. The molecule has 1 aliphatic heterocycles. The molecule has 0 radical (unpaired) electrons. The number of hydrogen-bond donors (Lipinski definition) is 1. The minimum Gasteiger partial charge on any atom is -0.466 e. The fourth-order valence-corrected chi connectivity index (χ4v) is 3.92. The van der Waals surface area contributed by atoms with Crippen molar-refractivity contribution in [3.63, 3.8) is 0 Å². The van der Waals surface area contributed by atoms with Crippen LogP contribution in [0, 0.1) is 5.92 Å². The molecule has 2 aliphatic rings. The Kier molecular flexibility index (Phi) is 7.00. The Labute approximate surface area is 156 Å². The number of methoxy groups -OCH3 is 1. The minimum atomic E-state index is -0.395. The van der Waals surface area contributed by atoms with Crippen LogP contribution in [0.25, 0.3) is 6.08 Å². The standard InChI is InChI=1S/C20H30N4O2/c1-26-20(25)8-7-17-13-22-19(14-21-17)23-18-10-12-24(15-18)11-9-16-5-3-2-4-6-16/h7-8,13-14,16,18H,2-6,9-12,15H2,1H3,(H,22,23)/t18-/m1/s1. The summed E-state index contributed by atoms with van der Waals surface area (Å²) >= 11 is 0. The second-order valence-electron chi connectivity index (χ2n) is 7.41. The van der Waals surface area contributed by atoms with Gasteiger partial charge in [-0.1, -0.05) is 32.1 Å². The zero-order valence-electron chi connectivity index (χ0n) is 15.7. The Hall–Kier alpha value is -1.95. The third-order valence-corrected chi connectivity index (χ3v) is 5.47. The average molecular weight is 358 g/mol. The Bertz CT molecular complexity index is 596. The lowest BCUT2D eigenvalue weighted by atomic mass is 9.87. The molecule has 2 fully saturated rings. The van der Waals surface area contributed by atoms with Crippen molar-refractivity contribution < 1.29 is 9.53 Å². The van der Waals surface area contributed by atoms with Gasteiger partial charge in [0.2, 0.25) is 0 Å². The lowest BCUT2D eigenvalue weighted by Gasteiger charge is -2.24. The number of anilines is 1. The first-order chi connectivity index (χ1) is 12.7. The van der Waals surface area contributed by atoms with E-state index in [0.29, 0.717) is 11.7 Å². The van der Waals surface area contributed by atoms with E-state index < -0.39 is 5.97 Å². The Morgan fingerprint density at radius 2 is 2.12 bits per heavy atom. The molecule has 1 N–H and O–H groups in total. The summed E-state index contributed by atoms with van der Waals surface area (Å²) in [4.78, 5) is 22.4. The van der Waals surface area contributed by atoms with E-state index in [1.807, 2.05) is 0 Å². The molecule has 0 aromatic carbocycles. The molecule has 1 aliphatic carbocycles. The highest BCUT2D eigenvalue weighted by molar-refractivity contribution is 5.86. The van der Waals surface area contributed by atoms with E-state index in [1.54, 1.807) is 18.5 Å². The molecule has 1 aromatic rings. The highest BCUT2D eigenvalue weighted by Gasteiger charge is 2.23. The first-order valence-corrected chi connectivity index (χ1v) is 9.80. The van der Waals surface area contributed by atoms with Gasteiger partial charge >= 0.3 is 5.97 Å². The van der Waals surface area contributed by atoms with Crippen molar-refractivity contribution in [2.45, 2.75) is 51.0 Å².